The summed E-state index contributed by atoms with van der Waals surface area (Å²) >= 11 is 0. The Morgan fingerprint density at radius 1 is 0.897 bits per heavy atom. The Balaban J connectivity index is 1.72. The van der Waals surface area contributed by atoms with Crippen LogP contribution in [0.4, 0.5) is 22.7 Å². The van der Waals surface area contributed by atoms with Gasteiger partial charge in [-0.3, -0.25) is 9.59 Å². The first-order chi connectivity index (χ1) is 13.8. The molecule has 29 heavy (non-hydrogen) atoms. The zero-order valence-electron chi connectivity index (χ0n) is 15.4. The van der Waals surface area contributed by atoms with E-state index in [-0.39, 0.29) is 51.8 Å². The Hall–Kier alpha value is -4.05. The number of hydrogen-bond donors (Lipinski definition) is 6. The zero-order valence-corrected chi connectivity index (χ0v) is 15.4. The molecule has 0 saturated carbocycles. The lowest BCUT2D eigenvalue weighted by Gasteiger charge is -2.26. The predicted molar refractivity (Wildman–Crippen MR) is 110 cm³/mol. The molecule has 2 amide bonds. The smallest absolute Gasteiger partial charge is 0.280 e. The lowest BCUT2D eigenvalue weighted by atomic mass is 10.2. The highest BCUT2D eigenvalue weighted by Gasteiger charge is 2.33. The average Bonchev–Trinajstić information content (AvgIpc) is 3.09. The van der Waals surface area contributed by atoms with E-state index in [1.165, 1.54) is 24.7 Å². The van der Waals surface area contributed by atoms with Gasteiger partial charge in [0.05, 0.1) is 17.6 Å². The molecule has 0 unspecified atom stereocenters. The third kappa shape index (κ3) is 4.45. The molecule has 1 heterocycles. The number of para-hydroxylation sites is 2. The lowest BCUT2D eigenvalue weighted by molar-refractivity contribution is -0.760. The van der Waals surface area contributed by atoms with E-state index in [1.54, 1.807) is 30.5 Å². The summed E-state index contributed by atoms with van der Waals surface area (Å²) in [5.41, 5.74) is 12.2. The Morgan fingerprint density at radius 3 is 1.76 bits per heavy atom. The van der Waals surface area contributed by atoms with Crippen molar-refractivity contribution in [2.24, 2.45) is 4.99 Å². The molecule has 2 aromatic rings. The monoisotopic (exact) mass is 397 g/mol. The number of nitrogen functional groups attached to an aromatic ring is 2. The maximum absolute atomic E-state index is 12.5. The van der Waals surface area contributed by atoms with Crippen molar-refractivity contribution in [2.75, 3.05) is 35.2 Å². The van der Waals surface area contributed by atoms with Crippen LogP contribution in [0.25, 0.3) is 0 Å². The van der Waals surface area contributed by atoms with Gasteiger partial charge in [-0.2, -0.15) is 0 Å². The number of rotatable bonds is 6. The molecule has 10 nitrogen and oxygen atoms in total. The molecular weight excluding hydrogens is 376 g/mol. The van der Waals surface area contributed by atoms with Crippen LogP contribution < -0.4 is 22.1 Å². The van der Waals surface area contributed by atoms with E-state index >= 15 is 0 Å². The van der Waals surface area contributed by atoms with Gasteiger partial charge in [0.15, 0.2) is 19.4 Å². The molecule has 10 heteroatoms. The molecule has 0 atom stereocenters. The first kappa shape index (κ1) is 19.7. The SMILES string of the molecule is Nc1cccc(O)c1NC(=O)C[N+]1(CC(=O)Nc2c(N)cccc2O)C=CN=C1. The number of aromatic hydroxyl groups is 2. The largest absolute Gasteiger partial charge is 0.506 e. The van der Waals surface area contributed by atoms with Crippen molar-refractivity contribution < 1.29 is 24.3 Å². The fourth-order valence-corrected chi connectivity index (χ4v) is 2.90. The van der Waals surface area contributed by atoms with Crippen molar-refractivity contribution in [1.29, 1.82) is 0 Å². The number of nitrogens with zero attached hydrogens (tertiary/aromatic N) is 2. The first-order valence-electron chi connectivity index (χ1n) is 8.63. The van der Waals surface area contributed by atoms with Gasteiger partial charge in [0.2, 0.25) is 0 Å². The van der Waals surface area contributed by atoms with Crippen LogP contribution in [0, 0.1) is 0 Å². The van der Waals surface area contributed by atoms with E-state index in [0.717, 1.165) is 0 Å². The van der Waals surface area contributed by atoms with Crippen molar-refractivity contribution in [3.05, 3.63) is 48.8 Å². The third-order valence-corrected chi connectivity index (χ3v) is 4.30. The predicted octanol–water partition coefficient (Wildman–Crippen LogP) is 1.17. The molecule has 2 aromatic carbocycles. The minimum absolute atomic E-state index is 0.0993. The van der Waals surface area contributed by atoms with E-state index < -0.39 is 11.8 Å². The molecule has 8 N–H and O–H groups in total. The Kier molecular flexibility index (Phi) is 5.37. The number of carbonyl (C=O) groups is 2. The topological polar surface area (TPSA) is 163 Å². The third-order valence-electron chi connectivity index (χ3n) is 4.30. The van der Waals surface area contributed by atoms with Crippen molar-refractivity contribution >= 4 is 40.9 Å². The normalized spacial score (nSPS) is 13.9. The second-order valence-electron chi connectivity index (χ2n) is 6.56. The molecule has 1 aliphatic rings. The van der Waals surface area contributed by atoms with Crippen LogP contribution in [0.2, 0.25) is 0 Å². The number of aliphatic imine (C=N–C) groups is 1. The van der Waals surface area contributed by atoms with Crippen LogP contribution in [0.5, 0.6) is 11.5 Å². The van der Waals surface area contributed by atoms with Crippen molar-refractivity contribution in [3.8, 4) is 11.5 Å². The number of amides is 2. The van der Waals surface area contributed by atoms with Crippen molar-refractivity contribution in [3.63, 3.8) is 0 Å². The molecule has 1 aliphatic heterocycles. The summed E-state index contributed by atoms with van der Waals surface area (Å²) in [6, 6.07) is 9.00. The molecule has 0 spiro atoms. The second kappa shape index (κ2) is 7.90. The molecule has 0 bridgehead atoms. The van der Waals surface area contributed by atoms with Crippen LogP contribution >= 0.6 is 0 Å². The minimum Gasteiger partial charge on any atom is -0.506 e. The lowest BCUT2D eigenvalue weighted by Crippen LogP contribution is -2.50. The number of anilines is 4. The van der Waals surface area contributed by atoms with E-state index in [1.807, 2.05) is 0 Å². The van der Waals surface area contributed by atoms with Gasteiger partial charge in [0, 0.05) is 0 Å². The minimum atomic E-state index is -0.480. The van der Waals surface area contributed by atoms with Gasteiger partial charge in [-0.25, -0.2) is 9.48 Å². The number of quaternary nitrogens is 1. The van der Waals surface area contributed by atoms with Crippen LogP contribution in [0.1, 0.15) is 0 Å². The summed E-state index contributed by atoms with van der Waals surface area (Å²) in [6.45, 7) is -0.338. The molecular formula is C19H21N6O4+. The van der Waals surface area contributed by atoms with Gasteiger partial charge < -0.3 is 32.3 Å². The Labute approximate surface area is 166 Å². The standard InChI is InChI=1S/C19H20N6O4/c20-12-3-1-5-14(26)18(12)23-16(28)9-25(8-7-22-11-25)10-17(29)24-19-13(21)4-2-6-15(19)27/h1-8,11H,9-10,20-21H2,(H3-,23,24,26,27,28,29)/p+1. The number of carbonyl (C=O) groups excluding carboxylic acids is 2. The zero-order chi connectivity index (χ0) is 21.0. The highest BCUT2D eigenvalue weighted by molar-refractivity contribution is 5.99. The van der Waals surface area contributed by atoms with Crippen LogP contribution in [-0.2, 0) is 9.59 Å². The van der Waals surface area contributed by atoms with Crippen LogP contribution in [-0.4, -0.2) is 45.9 Å². The van der Waals surface area contributed by atoms with E-state index in [0.29, 0.717) is 0 Å². The number of benzene rings is 2. The summed E-state index contributed by atoms with van der Waals surface area (Å²) < 4.78 is -0.196. The molecule has 0 radical (unpaired) electrons. The maximum atomic E-state index is 12.5. The van der Waals surface area contributed by atoms with Gasteiger partial charge in [0.25, 0.3) is 11.8 Å². The van der Waals surface area contributed by atoms with Gasteiger partial charge >= 0.3 is 0 Å². The average molecular weight is 397 g/mol. The molecule has 0 aromatic heterocycles. The number of phenolic OH excluding ortho intramolecular Hbond substituents is 2. The number of nitrogens with one attached hydrogen (secondary N) is 2. The summed E-state index contributed by atoms with van der Waals surface area (Å²) in [6.07, 6.45) is 4.51. The van der Waals surface area contributed by atoms with Gasteiger partial charge in [-0.1, -0.05) is 12.1 Å². The number of hydrogen-bond acceptors (Lipinski definition) is 7. The van der Waals surface area contributed by atoms with E-state index in [4.69, 9.17) is 11.5 Å². The summed E-state index contributed by atoms with van der Waals surface area (Å²) in [5.74, 6) is -1.29. The number of phenols is 2. The second-order valence-corrected chi connectivity index (χ2v) is 6.56. The highest BCUT2D eigenvalue weighted by Crippen LogP contribution is 2.30. The van der Waals surface area contributed by atoms with Gasteiger partial charge in [0.1, 0.15) is 29.1 Å². The molecule has 0 fully saturated rings. The fraction of sp³-hybridized carbons (Fsp3) is 0.105. The molecule has 150 valence electrons. The number of nitrogens with two attached hydrogens (primary N) is 2. The first-order valence-corrected chi connectivity index (χ1v) is 8.63. The van der Waals surface area contributed by atoms with Crippen LogP contribution in [0.3, 0.4) is 0 Å². The Morgan fingerprint density at radius 2 is 1.38 bits per heavy atom. The summed E-state index contributed by atoms with van der Waals surface area (Å²) in [5, 5.41) is 24.9. The molecule has 0 aliphatic carbocycles. The summed E-state index contributed by atoms with van der Waals surface area (Å²) in [7, 11) is 0. The van der Waals surface area contributed by atoms with Crippen LogP contribution in [0.15, 0.2) is 53.8 Å². The highest BCUT2D eigenvalue weighted by atomic mass is 16.3. The molecule has 3 rings (SSSR count). The van der Waals surface area contributed by atoms with Gasteiger partial charge in [-0.05, 0) is 24.3 Å². The van der Waals surface area contributed by atoms with E-state index in [9.17, 15) is 19.8 Å². The van der Waals surface area contributed by atoms with Crippen molar-refractivity contribution in [2.45, 2.75) is 0 Å². The fourth-order valence-electron chi connectivity index (χ4n) is 2.90. The maximum Gasteiger partial charge on any atom is 0.280 e. The summed E-state index contributed by atoms with van der Waals surface area (Å²) in [4.78, 5) is 29.1. The molecule has 0 saturated heterocycles. The van der Waals surface area contributed by atoms with E-state index in [2.05, 4.69) is 15.6 Å². The van der Waals surface area contributed by atoms with Gasteiger partial charge in [-0.15, -0.1) is 0 Å². The quantitative estimate of drug-likeness (QED) is 0.243. The Bertz CT molecular complexity index is 896. The van der Waals surface area contributed by atoms with Crippen molar-refractivity contribution in [1.82, 2.24) is 0 Å².